The average molecular weight is 329 g/mol. The van der Waals surface area contributed by atoms with Gasteiger partial charge in [-0.3, -0.25) is 4.90 Å². The van der Waals surface area contributed by atoms with Gasteiger partial charge in [0.15, 0.2) is 0 Å². The van der Waals surface area contributed by atoms with Crippen LogP contribution < -0.4 is 5.73 Å². The SMILES string of the molecule is Cc1ccc(-c2ccccc2CN2CCC(N)C2)o1.Cl.Cl. The maximum Gasteiger partial charge on any atom is 0.134 e. The average Bonchev–Trinajstić information content (AvgIpc) is 2.99. The Bertz CT molecular complexity index is 571. The van der Waals surface area contributed by atoms with Gasteiger partial charge in [-0.2, -0.15) is 0 Å². The summed E-state index contributed by atoms with van der Waals surface area (Å²) in [6.07, 6.45) is 1.10. The maximum absolute atomic E-state index is 5.97. The maximum atomic E-state index is 5.97. The lowest BCUT2D eigenvalue weighted by Gasteiger charge is -2.17. The first-order valence-electron chi connectivity index (χ1n) is 6.85. The summed E-state index contributed by atoms with van der Waals surface area (Å²) < 4.78 is 5.75. The van der Waals surface area contributed by atoms with Crippen molar-refractivity contribution in [3.05, 3.63) is 47.7 Å². The second-order valence-corrected chi connectivity index (χ2v) is 5.35. The van der Waals surface area contributed by atoms with E-state index in [0.29, 0.717) is 6.04 Å². The van der Waals surface area contributed by atoms with Crippen molar-refractivity contribution in [2.45, 2.75) is 25.9 Å². The summed E-state index contributed by atoms with van der Waals surface area (Å²) in [5, 5.41) is 0. The highest BCUT2D eigenvalue weighted by molar-refractivity contribution is 5.85. The molecule has 1 aromatic heterocycles. The summed E-state index contributed by atoms with van der Waals surface area (Å²) in [4.78, 5) is 2.42. The van der Waals surface area contributed by atoms with Gasteiger partial charge in [0.25, 0.3) is 0 Å². The standard InChI is InChI=1S/C16H20N2O.2ClH/c1-12-6-7-16(19-12)15-5-3-2-4-13(15)10-18-9-8-14(17)11-18;;/h2-7,14H,8-11,17H2,1H3;2*1H. The summed E-state index contributed by atoms with van der Waals surface area (Å²) >= 11 is 0. The quantitative estimate of drug-likeness (QED) is 0.935. The number of nitrogens with zero attached hydrogens (tertiary/aromatic N) is 1. The number of furan rings is 1. The lowest BCUT2D eigenvalue weighted by atomic mass is 10.1. The molecule has 21 heavy (non-hydrogen) atoms. The highest BCUT2D eigenvalue weighted by Gasteiger charge is 2.20. The van der Waals surface area contributed by atoms with E-state index in [9.17, 15) is 0 Å². The van der Waals surface area contributed by atoms with Gasteiger partial charge in [0.2, 0.25) is 0 Å². The van der Waals surface area contributed by atoms with Gasteiger partial charge in [0.1, 0.15) is 11.5 Å². The van der Waals surface area contributed by atoms with Gasteiger partial charge in [-0.1, -0.05) is 24.3 Å². The molecule has 0 spiro atoms. The van der Waals surface area contributed by atoms with E-state index in [1.165, 1.54) is 11.1 Å². The van der Waals surface area contributed by atoms with E-state index >= 15 is 0 Å². The number of rotatable bonds is 3. The van der Waals surface area contributed by atoms with Gasteiger partial charge >= 0.3 is 0 Å². The molecule has 3 nitrogen and oxygen atoms in total. The third-order valence-corrected chi connectivity index (χ3v) is 3.73. The van der Waals surface area contributed by atoms with Crippen LogP contribution in [-0.4, -0.2) is 24.0 Å². The van der Waals surface area contributed by atoms with Gasteiger partial charge in [0.05, 0.1) is 0 Å². The second kappa shape index (κ2) is 7.85. The minimum absolute atomic E-state index is 0. The Morgan fingerprint density at radius 3 is 2.57 bits per heavy atom. The fraction of sp³-hybridized carbons (Fsp3) is 0.375. The van der Waals surface area contributed by atoms with Crippen LogP contribution in [0.2, 0.25) is 0 Å². The highest BCUT2D eigenvalue weighted by atomic mass is 35.5. The number of hydrogen-bond acceptors (Lipinski definition) is 3. The first-order chi connectivity index (χ1) is 9.22. The summed E-state index contributed by atoms with van der Waals surface area (Å²) in [5.41, 5.74) is 8.47. The number of hydrogen-bond donors (Lipinski definition) is 1. The summed E-state index contributed by atoms with van der Waals surface area (Å²) in [6, 6.07) is 12.8. The number of likely N-dealkylation sites (tertiary alicyclic amines) is 1. The van der Waals surface area contributed by atoms with Crippen molar-refractivity contribution >= 4 is 24.8 Å². The summed E-state index contributed by atoms with van der Waals surface area (Å²) in [5.74, 6) is 1.91. The van der Waals surface area contributed by atoms with Crippen LogP contribution >= 0.6 is 24.8 Å². The first-order valence-corrected chi connectivity index (χ1v) is 6.85. The van der Waals surface area contributed by atoms with Crippen molar-refractivity contribution in [2.24, 2.45) is 5.73 Å². The summed E-state index contributed by atoms with van der Waals surface area (Å²) in [6.45, 7) is 5.01. The number of benzene rings is 1. The van der Waals surface area contributed by atoms with Gasteiger partial charge in [-0.05, 0) is 31.0 Å². The van der Waals surface area contributed by atoms with Crippen LogP contribution in [0, 0.1) is 6.92 Å². The molecule has 1 unspecified atom stereocenters. The molecule has 1 fully saturated rings. The van der Waals surface area contributed by atoms with Crippen molar-refractivity contribution in [3.63, 3.8) is 0 Å². The van der Waals surface area contributed by atoms with Crippen LogP contribution in [0.25, 0.3) is 11.3 Å². The molecule has 3 rings (SSSR count). The Labute approximate surface area is 138 Å². The molecule has 2 aromatic rings. The predicted octanol–water partition coefficient (Wildman–Crippen LogP) is 3.63. The normalized spacial score (nSPS) is 18.1. The lowest BCUT2D eigenvalue weighted by Crippen LogP contribution is -2.26. The molecule has 2 heterocycles. The van der Waals surface area contributed by atoms with E-state index in [1.807, 2.05) is 19.1 Å². The molecule has 1 aromatic carbocycles. The molecule has 0 amide bonds. The first kappa shape index (κ1) is 18.1. The van der Waals surface area contributed by atoms with Gasteiger partial charge < -0.3 is 10.2 Å². The molecule has 0 bridgehead atoms. The molecule has 1 saturated heterocycles. The monoisotopic (exact) mass is 328 g/mol. The van der Waals surface area contributed by atoms with E-state index < -0.39 is 0 Å². The van der Waals surface area contributed by atoms with Crippen molar-refractivity contribution in [2.75, 3.05) is 13.1 Å². The second-order valence-electron chi connectivity index (χ2n) is 5.35. The minimum atomic E-state index is 0. The minimum Gasteiger partial charge on any atom is -0.461 e. The summed E-state index contributed by atoms with van der Waals surface area (Å²) in [7, 11) is 0. The van der Waals surface area contributed by atoms with Crippen molar-refractivity contribution < 1.29 is 4.42 Å². The zero-order valence-corrected chi connectivity index (χ0v) is 13.8. The van der Waals surface area contributed by atoms with E-state index in [-0.39, 0.29) is 24.8 Å². The molecular formula is C16H22Cl2N2O. The highest BCUT2D eigenvalue weighted by Crippen LogP contribution is 2.27. The van der Waals surface area contributed by atoms with Crippen LogP contribution in [0.15, 0.2) is 40.8 Å². The third-order valence-electron chi connectivity index (χ3n) is 3.73. The van der Waals surface area contributed by atoms with E-state index in [0.717, 1.165) is 37.6 Å². The molecular weight excluding hydrogens is 307 g/mol. The number of halogens is 2. The van der Waals surface area contributed by atoms with Gasteiger partial charge in [0, 0.05) is 31.2 Å². The van der Waals surface area contributed by atoms with E-state index in [2.05, 4.69) is 29.2 Å². The van der Waals surface area contributed by atoms with Crippen molar-refractivity contribution in [1.82, 2.24) is 4.90 Å². The third kappa shape index (κ3) is 4.24. The predicted molar refractivity (Wildman–Crippen MR) is 91.2 cm³/mol. The van der Waals surface area contributed by atoms with E-state index in [4.69, 9.17) is 10.2 Å². The molecule has 1 atom stereocenters. The van der Waals surface area contributed by atoms with Crippen LogP contribution in [-0.2, 0) is 6.54 Å². The van der Waals surface area contributed by atoms with Gasteiger partial charge in [-0.15, -0.1) is 24.8 Å². The Morgan fingerprint density at radius 2 is 1.95 bits per heavy atom. The molecule has 0 saturated carbocycles. The number of aryl methyl sites for hydroxylation is 1. The Balaban J connectivity index is 0.00000110. The fourth-order valence-electron chi connectivity index (χ4n) is 2.72. The van der Waals surface area contributed by atoms with Crippen molar-refractivity contribution in [1.29, 1.82) is 0 Å². The molecule has 116 valence electrons. The molecule has 1 aliphatic heterocycles. The Hall–Kier alpha value is -1.000. The van der Waals surface area contributed by atoms with Crippen LogP contribution in [0.5, 0.6) is 0 Å². The lowest BCUT2D eigenvalue weighted by molar-refractivity contribution is 0.327. The molecule has 0 radical (unpaired) electrons. The Morgan fingerprint density at radius 1 is 1.19 bits per heavy atom. The van der Waals surface area contributed by atoms with Crippen LogP contribution in [0.1, 0.15) is 17.7 Å². The smallest absolute Gasteiger partial charge is 0.134 e. The van der Waals surface area contributed by atoms with Gasteiger partial charge in [-0.25, -0.2) is 0 Å². The molecule has 0 aliphatic carbocycles. The Kier molecular flexibility index (Phi) is 6.75. The zero-order chi connectivity index (χ0) is 13.2. The van der Waals surface area contributed by atoms with Crippen LogP contribution in [0.4, 0.5) is 0 Å². The molecule has 2 N–H and O–H groups in total. The zero-order valence-electron chi connectivity index (χ0n) is 12.1. The molecule has 1 aliphatic rings. The van der Waals surface area contributed by atoms with Crippen molar-refractivity contribution in [3.8, 4) is 11.3 Å². The number of nitrogens with two attached hydrogens (primary N) is 1. The largest absolute Gasteiger partial charge is 0.461 e. The fourth-order valence-corrected chi connectivity index (χ4v) is 2.72. The topological polar surface area (TPSA) is 42.4 Å². The van der Waals surface area contributed by atoms with E-state index in [1.54, 1.807) is 0 Å². The van der Waals surface area contributed by atoms with Crippen LogP contribution in [0.3, 0.4) is 0 Å². The molecule has 5 heteroatoms.